The lowest BCUT2D eigenvalue weighted by atomic mass is 9.99. The number of nitrogens with zero attached hydrogens (tertiary/aromatic N) is 3. The number of ether oxygens (including phenoxy) is 4. The highest BCUT2D eigenvalue weighted by atomic mass is 19.3. The first-order chi connectivity index (χ1) is 20.0. The van der Waals surface area contributed by atoms with Crippen LogP contribution < -0.4 is 19.5 Å². The zero-order valence-corrected chi connectivity index (χ0v) is 24.2. The van der Waals surface area contributed by atoms with E-state index in [0.29, 0.717) is 42.4 Å². The number of hydrogen-bond acceptors (Lipinski definition) is 7. The summed E-state index contributed by atoms with van der Waals surface area (Å²) in [6, 6.07) is 6.59. The largest absolute Gasteiger partial charge is 0.496 e. The summed E-state index contributed by atoms with van der Waals surface area (Å²) in [5, 5.41) is 2.80. The molecular weight excluding hydrogens is 550 g/mol. The Morgan fingerprint density at radius 3 is 2.60 bits per heavy atom. The molecule has 12 heteroatoms. The number of carbonyl (C=O) groups is 2. The van der Waals surface area contributed by atoms with Gasteiger partial charge in [0.05, 0.1) is 25.6 Å². The van der Waals surface area contributed by atoms with E-state index < -0.39 is 18.1 Å². The zero-order chi connectivity index (χ0) is 30.0. The predicted octanol–water partition coefficient (Wildman–Crippen LogP) is 5.53. The third-order valence-electron chi connectivity index (χ3n) is 7.08. The lowest BCUT2D eigenvalue weighted by Crippen LogP contribution is -2.44. The summed E-state index contributed by atoms with van der Waals surface area (Å²) in [5.74, 6) is 0.0858. The smallest absolute Gasteiger partial charge is 0.410 e. The first-order valence-electron chi connectivity index (χ1n) is 14.1. The van der Waals surface area contributed by atoms with E-state index >= 15 is 0 Å². The average Bonchev–Trinajstić information content (AvgIpc) is 3.65. The molecule has 0 unspecified atom stereocenters. The molecule has 0 bridgehead atoms. The Bertz CT molecular complexity index is 1450. The Labute approximate surface area is 242 Å². The second-order valence-corrected chi connectivity index (χ2v) is 11.7. The number of piperidine rings is 1. The van der Waals surface area contributed by atoms with Gasteiger partial charge in [0.15, 0.2) is 0 Å². The number of methoxy groups -OCH3 is 1. The number of hydrogen-bond donors (Lipinski definition) is 1. The van der Waals surface area contributed by atoms with Crippen LogP contribution in [0, 0.1) is 5.92 Å². The number of imidazole rings is 1. The highest BCUT2D eigenvalue weighted by Crippen LogP contribution is 2.37. The maximum atomic E-state index is 13.3. The van der Waals surface area contributed by atoms with Crippen LogP contribution in [0.15, 0.2) is 36.7 Å². The molecule has 5 rings (SSSR count). The molecule has 0 spiro atoms. The maximum absolute atomic E-state index is 13.3. The van der Waals surface area contributed by atoms with Crippen molar-refractivity contribution in [3.05, 3.63) is 42.2 Å². The summed E-state index contributed by atoms with van der Waals surface area (Å²) >= 11 is 0. The third-order valence-corrected chi connectivity index (χ3v) is 7.08. The molecule has 2 amide bonds. The number of carbonyl (C=O) groups excluding carboxylic acids is 2. The molecule has 1 atom stereocenters. The number of benzene rings is 1. The summed E-state index contributed by atoms with van der Waals surface area (Å²) in [4.78, 5) is 31.5. The van der Waals surface area contributed by atoms with Gasteiger partial charge in [-0.1, -0.05) is 0 Å². The Kier molecular flexibility index (Phi) is 8.42. The van der Waals surface area contributed by atoms with Crippen LogP contribution in [0.2, 0.25) is 0 Å². The predicted molar refractivity (Wildman–Crippen MR) is 150 cm³/mol. The van der Waals surface area contributed by atoms with Crippen molar-refractivity contribution in [2.24, 2.45) is 5.92 Å². The highest BCUT2D eigenvalue weighted by molar-refractivity contribution is 6.01. The molecule has 2 aliphatic rings. The van der Waals surface area contributed by atoms with E-state index in [-0.39, 0.29) is 35.1 Å². The van der Waals surface area contributed by atoms with Crippen molar-refractivity contribution in [1.82, 2.24) is 19.6 Å². The van der Waals surface area contributed by atoms with Gasteiger partial charge in [-0.25, -0.2) is 9.78 Å². The molecule has 2 aromatic heterocycles. The molecule has 42 heavy (non-hydrogen) atoms. The lowest BCUT2D eigenvalue weighted by Gasteiger charge is -2.34. The van der Waals surface area contributed by atoms with Crippen LogP contribution >= 0.6 is 0 Å². The quantitative estimate of drug-likeness (QED) is 0.352. The van der Waals surface area contributed by atoms with Gasteiger partial charge in [-0.15, -0.1) is 0 Å². The van der Waals surface area contributed by atoms with E-state index in [1.54, 1.807) is 39.9 Å². The van der Waals surface area contributed by atoms with Gasteiger partial charge in [0, 0.05) is 42.9 Å². The molecule has 2 fully saturated rings. The van der Waals surface area contributed by atoms with Crippen molar-refractivity contribution in [2.75, 3.05) is 26.8 Å². The Hall–Kier alpha value is -4.09. The first-order valence-corrected chi connectivity index (χ1v) is 14.1. The number of alkyl halides is 2. The molecule has 226 valence electrons. The second-order valence-electron chi connectivity index (χ2n) is 11.7. The zero-order valence-electron chi connectivity index (χ0n) is 24.2. The standard InChI is InChI=1S/C30H36F2N4O6/c1-30(2,3)42-29(38)35-10-5-6-18(16-35)17-40-21-9-11-36-22(15-33-25(36)14-21)19-12-23(39-4)26(24(13-19)41-28(31)32)27(37)34-20-7-8-20/h9,11-15,18,20,28H,5-8,10,16-17H2,1-4H3,(H,34,37)/t18-/m0/s1. The Balaban J connectivity index is 1.32. The van der Waals surface area contributed by atoms with Crippen LogP contribution in [-0.4, -0.2) is 71.3 Å². The van der Waals surface area contributed by atoms with Crippen LogP contribution in [0.25, 0.3) is 16.9 Å². The van der Waals surface area contributed by atoms with Crippen LogP contribution in [0.3, 0.4) is 0 Å². The normalized spacial score (nSPS) is 17.3. The topological polar surface area (TPSA) is 104 Å². The van der Waals surface area contributed by atoms with E-state index in [2.05, 4.69) is 10.3 Å². The van der Waals surface area contributed by atoms with E-state index in [4.69, 9.17) is 18.9 Å². The number of nitrogens with one attached hydrogen (secondary N) is 1. The molecular formula is C30H36F2N4O6. The number of likely N-dealkylation sites (tertiary alicyclic amines) is 1. The van der Waals surface area contributed by atoms with Crippen LogP contribution in [0.4, 0.5) is 13.6 Å². The number of amides is 2. The summed E-state index contributed by atoms with van der Waals surface area (Å²) < 4.78 is 50.2. The van der Waals surface area contributed by atoms with E-state index in [0.717, 1.165) is 25.7 Å². The fourth-order valence-electron chi connectivity index (χ4n) is 4.97. The van der Waals surface area contributed by atoms with E-state index in [1.807, 2.05) is 20.8 Å². The van der Waals surface area contributed by atoms with Crippen LogP contribution in [0.5, 0.6) is 17.2 Å². The van der Waals surface area contributed by atoms with Crippen molar-refractivity contribution in [3.8, 4) is 28.5 Å². The molecule has 1 aliphatic heterocycles. The van der Waals surface area contributed by atoms with Gasteiger partial charge < -0.3 is 29.2 Å². The summed E-state index contributed by atoms with van der Waals surface area (Å²) in [6.45, 7) is 4.08. The Morgan fingerprint density at radius 1 is 1.14 bits per heavy atom. The summed E-state index contributed by atoms with van der Waals surface area (Å²) in [5.41, 5.74) is 1.02. The molecule has 1 aromatic carbocycles. The SMILES string of the molecule is COc1cc(-c2cnc3cc(OC[C@H]4CCCN(C(=O)OC(C)(C)C)C4)ccn23)cc(OC(F)F)c1C(=O)NC1CC1. The number of rotatable bonds is 9. The van der Waals surface area contributed by atoms with Crippen LogP contribution in [0.1, 0.15) is 56.8 Å². The number of pyridine rings is 1. The second kappa shape index (κ2) is 12.0. The van der Waals surface area contributed by atoms with Crippen molar-refractivity contribution >= 4 is 17.6 Å². The fraction of sp³-hybridized carbons (Fsp3) is 0.500. The number of fused-ring (bicyclic) bond motifs is 1. The lowest BCUT2D eigenvalue weighted by molar-refractivity contribution is -0.0502. The van der Waals surface area contributed by atoms with Gasteiger partial charge in [0.25, 0.3) is 5.91 Å². The van der Waals surface area contributed by atoms with Crippen molar-refractivity contribution in [1.29, 1.82) is 0 Å². The van der Waals surface area contributed by atoms with E-state index in [1.165, 1.54) is 13.2 Å². The molecule has 1 aliphatic carbocycles. The fourth-order valence-corrected chi connectivity index (χ4v) is 4.97. The van der Waals surface area contributed by atoms with E-state index in [9.17, 15) is 18.4 Å². The van der Waals surface area contributed by atoms with Crippen molar-refractivity contribution in [3.63, 3.8) is 0 Å². The molecule has 1 N–H and O–H groups in total. The van der Waals surface area contributed by atoms with Gasteiger partial charge >= 0.3 is 12.7 Å². The van der Waals surface area contributed by atoms with Gasteiger partial charge in [-0.05, 0) is 64.7 Å². The maximum Gasteiger partial charge on any atom is 0.410 e. The van der Waals surface area contributed by atoms with Gasteiger partial charge in [-0.2, -0.15) is 8.78 Å². The van der Waals surface area contributed by atoms with Gasteiger partial charge in [-0.3, -0.25) is 9.20 Å². The minimum Gasteiger partial charge on any atom is -0.496 e. The monoisotopic (exact) mass is 586 g/mol. The molecule has 1 saturated heterocycles. The van der Waals surface area contributed by atoms with Crippen molar-refractivity contribution in [2.45, 2.75) is 64.7 Å². The molecule has 0 radical (unpaired) electrons. The third kappa shape index (κ3) is 7.03. The summed E-state index contributed by atoms with van der Waals surface area (Å²) in [6.07, 6.45) is 6.56. The molecule has 1 saturated carbocycles. The minimum atomic E-state index is -3.13. The molecule has 3 heterocycles. The minimum absolute atomic E-state index is 0.0264. The number of aromatic nitrogens is 2. The van der Waals surface area contributed by atoms with Crippen molar-refractivity contribution < 1.29 is 37.3 Å². The first kappa shape index (κ1) is 29.4. The Morgan fingerprint density at radius 2 is 1.90 bits per heavy atom. The molecule has 10 nitrogen and oxygen atoms in total. The molecule has 3 aromatic rings. The van der Waals surface area contributed by atoms with Crippen LogP contribution in [-0.2, 0) is 4.74 Å². The average molecular weight is 587 g/mol. The summed E-state index contributed by atoms with van der Waals surface area (Å²) in [7, 11) is 1.37. The number of halogens is 2. The van der Waals surface area contributed by atoms with Gasteiger partial charge in [0.2, 0.25) is 0 Å². The van der Waals surface area contributed by atoms with Gasteiger partial charge in [0.1, 0.15) is 34.1 Å². The highest BCUT2D eigenvalue weighted by Gasteiger charge is 2.30.